The molecule has 180 valence electrons. The van der Waals surface area contributed by atoms with Gasteiger partial charge in [0.1, 0.15) is 34.4 Å². The molecule has 0 unspecified atom stereocenters. The number of aromatic hydroxyl groups is 1. The Morgan fingerprint density at radius 3 is 2.65 bits per heavy atom. The fraction of sp³-hybridized carbons (Fsp3) is 0.304. The summed E-state index contributed by atoms with van der Waals surface area (Å²) in [5.74, 6) is -1.44. The Bertz CT molecular complexity index is 1420. The van der Waals surface area contributed by atoms with Gasteiger partial charge in [0.2, 0.25) is 0 Å². The van der Waals surface area contributed by atoms with Gasteiger partial charge in [-0.2, -0.15) is 8.42 Å². The lowest BCUT2D eigenvalue weighted by Gasteiger charge is -2.39. The number of benzene rings is 2. The second kappa shape index (κ2) is 8.75. The highest BCUT2D eigenvalue weighted by Gasteiger charge is 2.38. The van der Waals surface area contributed by atoms with Crippen molar-refractivity contribution in [3.8, 4) is 11.5 Å². The van der Waals surface area contributed by atoms with E-state index in [0.717, 1.165) is 29.1 Å². The van der Waals surface area contributed by atoms with Gasteiger partial charge >= 0.3 is 11.6 Å². The van der Waals surface area contributed by atoms with Gasteiger partial charge in [0.05, 0.1) is 18.1 Å². The van der Waals surface area contributed by atoms with Crippen molar-refractivity contribution in [3.05, 3.63) is 64.0 Å². The van der Waals surface area contributed by atoms with Crippen LogP contribution < -0.4 is 10.4 Å². The topological polar surface area (TPSA) is 150 Å². The van der Waals surface area contributed by atoms with Crippen LogP contribution in [-0.4, -0.2) is 49.5 Å². The summed E-state index contributed by atoms with van der Waals surface area (Å²) in [7, 11) is -4.26. The van der Waals surface area contributed by atoms with Crippen molar-refractivity contribution in [3.63, 3.8) is 0 Å². The zero-order valence-corrected chi connectivity index (χ0v) is 19.1. The zero-order valence-electron chi connectivity index (χ0n) is 18.3. The van der Waals surface area contributed by atoms with Crippen LogP contribution in [0.5, 0.6) is 11.5 Å². The fourth-order valence-corrected chi connectivity index (χ4v) is 4.62. The Morgan fingerprint density at radius 1 is 1.15 bits per heavy atom. The second-order valence-corrected chi connectivity index (χ2v) is 9.90. The van der Waals surface area contributed by atoms with Crippen LogP contribution in [-0.2, 0) is 25.5 Å². The van der Waals surface area contributed by atoms with Gasteiger partial charge in [-0.1, -0.05) is 0 Å². The van der Waals surface area contributed by atoms with Gasteiger partial charge in [-0.3, -0.25) is 4.18 Å². The third-order valence-electron chi connectivity index (χ3n) is 5.48. The average molecular weight is 490 g/mol. The molecule has 0 amide bonds. The molecule has 0 fully saturated rings. The van der Waals surface area contributed by atoms with E-state index in [-0.39, 0.29) is 13.2 Å². The predicted molar refractivity (Wildman–Crippen MR) is 119 cm³/mol. The molecule has 4 rings (SSSR count). The number of carboxylic acid groups (broad SMARTS) is 1. The van der Waals surface area contributed by atoms with Gasteiger partial charge in [0, 0.05) is 23.9 Å². The third-order valence-corrected chi connectivity index (χ3v) is 6.79. The Balaban J connectivity index is 1.42. The molecule has 2 N–H and O–H groups in total. The number of ether oxygens (including phenoxy) is 2. The van der Waals surface area contributed by atoms with Gasteiger partial charge < -0.3 is 24.1 Å². The van der Waals surface area contributed by atoms with E-state index in [1.54, 1.807) is 12.1 Å². The Kier molecular flexibility index (Phi) is 6.11. The van der Waals surface area contributed by atoms with Crippen LogP contribution >= 0.6 is 0 Å². The van der Waals surface area contributed by atoms with Crippen molar-refractivity contribution in [2.45, 2.75) is 36.9 Å². The molecule has 0 spiro atoms. The minimum atomic E-state index is -4.26. The van der Waals surface area contributed by atoms with Gasteiger partial charge in [-0.05, 0) is 49.7 Å². The predicted octanol–water partition coefficient (Wildman–Crippen LogP) is 2.70. The van der Waals surface area contributed by atoms with Crippen molar-refractivity contribution >= 4 is 27.1 Å². The van der Waals surface area contributed by atoms with Gasteiger partial charge in [-0.15, -0.1) is 0 Å². The van der Waals surface area contributed by atoms with Crippen molar-refractivity contribution < 1.29 is 41.5 Å². The van der Waals surface area contributed by atoms with E-state index in [1.165, 1.54) is 6.07 Å². The number of hydrogen-bond acceptors (Lipinski definition) is 9. The molecule has 34 heavy (non-hydrogen) atoms. The van der Waals surface area contributed by atoms with E-state index < -0.39 is 49.6 Å². The van der Waals surface area contributed by atoms with Crippen LogP contribution in [0.25, 0.3) is 11.0 Å². The SMILES string of the molecule is CC1(C)Oc2cc3oc(=O)ccc3cc2C[C@@H]1OCCOS(=O)(=O)c1ccc(O)c(C(=O)O)c1. The highest BCUT2D eigenvalue weighted by atomic mass is 32.2. The van der Waals surface area contributed by atoms with Crippen molar-refractivity contribution in [1.82, 2.24) is 0 Å². The minimum absolute atomic E-state index is 0.0711. The summed E-state index contributed by atoms with van der Waals surface area (Å²) in [6.07, 6.45) is 0.0520. The van der Waals surface area contributed by atoms with Gasteiger partial charge in [0.15, 0.2) is 0 Å². The summed E-state index contributed by atoms with van der Waals surface area (Å²) in [5, 5.41) is 19.3. The Morgan fingerprint density at radius 2 is 1.91 bits per heavy atom. The summed E-state index contributed by atoms with van der Waals surface area (Å²) in [4.78, 5) is 22.2. The molecule has 0 bridgehead atoms. The molecule has 0 aliphatic carbocycles. The van der Waals surface area contributed by atoms with E-state index >= 15 is 0 Å². The second-order valence-electron chi connectivity index (χ2n) is 8.28. The van der Waals surface area contributed by atoms with E-state index in [2.05, 4.69) is 0 Å². The number of carboxylic acids is 1. The quantitative estimate of drug-likeness (QED) is 0.287. The van der Waals surface area contributed by atoms with E-state index in [4.69, 9.17) is 23.2 Å². The number of aromatic carboxylic acids is 1. The Hall–Kier alpha value is -3.41. The first-order valence-electron chi connectivity index (χ1n) is 10.3. The molecule has 11 heteroatoms. The van der Waals surface area contributed by atoms with E-state index in [0.29, 0.717) is 17.8 Å². The van der Waals surface area contributed by atoms with Crippen LogP contribution in [0, 0.1) is 0 Å². The first kappa shape index (κ1) is 23.7. The number of carbonyl (C=O) groups is 1. The first-order chi connectivity index (χ1) is 16.0. The average Bonchev–Trinajstić information content (AvgIpc) is 2.75. The lowest BCUT2D eigenvalue weighted by Crippen LogP contribution is -2.48. The fourth-order valence-electron chi connectivity index (χ4n) is 3.70. The smallest absolute Gasteiger partial charge is 0.339 e. The number of rotatable bonds is 7. The molecule has 10 nitrogen and oxygen atoms in total. The third kappa shape index (κ3) is 4.76. The van der Waals surface area contributed by atoms with E-state index in [9.17, 15) is 23.1 Å². The molecular formula is C23H22O10S. The van der Waals surface area contributed by atoms with Gasteiger partial charge in [-0.25, -0.2) is 9.59 Å². The normalized spacial score (nSPS) is 17.2. The summed E-state index contributed by atoms with van der Waals surface area (Å²) in [6, 6.07) is 9.38. The van der Waals surface area contributed by atoms with Crippen molar-refractivity contribution in [2.24, 2.45) is 0 Å². The first-order valence-corrected chi connectivity index (χ1v) is 11.7. The molecule has 1 aliphatic heterocycles. The molecule has 2 aromatic carbocycles. The largest absolute Gasteiger partial charge is 0.507 e. The van der Waals surface area contributed by atoms with Gasteiger partial charge in [0.25, 0.3) is 10.1 Å². The van der Waals surface area contributed by atoms with Crippen LogP contribution in [0.4, 0.5) is 0 Å². The van der Waals surface area contributed by atoms with Crippen molar-refractivity contribution in [1.29, 1.82) is 0 Å². The highest BCUT2D eigenvalue weighted by molar-refractivity contribution is 7.86. The molecule has 3 aromatic rings. The molecule has 0 saturated heterocycles. The molecule has 1 atom stereocenters. The Labute approximate surface area is 194 Å². The maximum atomic E-state index is 12.4. The maximum absolute atomic E-state index is 12.4. The monoisotopic (exact) mass is 490 g/mol. The molecule has 0 saturated carbocycles. The minimum Gasteiger partial charge on any atom is -0.507 e. The summed E-state index contributed by atoms with van der Waals surface area (Å²) in [6.45, 7) is 3.27. The molecule has 1 aliphatic rings. The highest BCUT2D eigenvalue weighted by Crippen LogP contribution is 2.37. The summed E-state index contributed by atoms with van der Waals surface area (Å²) >= 11 is 0. The standard InChI is InChI=1S/C23H22O10S/c1-23(2)20(10-14-9-13-3-6-21(25)32-18(13)12-19(14)33-23)30-7-8-31-34(28,29)15-4-5-17(24)16(11-15)22(26)27/h3-6,9,11-12,20,24H,7-8,10H2,1-2H3,(H,26,27)/t20-/m0/s1. The zero-order chi connectivity index (χ0) is 24.7. The summed E-state index contributed by atoms with van der Waals surface area (Å²) < 4.78 is 46.9. The van der Waals surface area contributed by atoms with E-state index in [1.807, 2.05) is 19.9 Å². The van der Waals surface area contributed by atoms with Crippen LogP contribution in [0.3, 0.4) is 0 Å². The molecule has 0 radical (unpaired) electrons. The van der Waals surface area contributed by atoms with Crippen LogP contribution in [0.2, 0.25) is 0 Å². The molecule has 2 heterocycles. The van der Waals surface area contributed by atoms with Crippen LogP contribution in [0.1, 0.15) is 29.8 Å². The molecular weight excluding hydrogens is 468 g/mol. The lowest BCUT2D eigenvalue weighted by molar-refractivity contribution is -0.0881. The van der Waals surface area contributed by atoms with Crippen LogP contribution in [0.15, 0.2) is 56.6 Å². The number of phenols is 1. The number of hydrogen-bond donors (Lipinski definition) is 2. The lowest BCUT2D eigenvalue weighted by atomic mass is 9.90. The summed E-state index contributed by atoms with van der Waals surface area (Å²) in [5.41, 5.74) is -0.496. The number of fused-ring (bicyclic) bond motifs is 2. The van der Waals surface area contributed by atoms with Crippen molar-refractivity contribution in [2.75, 3.05) is 13.2 Å². The molecule has 1 aromatic heterocycles. The maximum Gasteiger partial charge on any atom is 0.339 e.